The first-order chi connectivity index (χ1) is 13.3. The third-order valence-corrected chi connectivity index (χ3v) is 5.01. The Bertz CT molecular complexity index is 933. The average Bonchev–Trinajstić information content (AvgIpc) is 2.67. The number of nitrogens with zero attached hydrogens (tertiary/aromatic N) is 1. The summed E-state index contributed by atoms with van der Waals surface area (Å²) in [6.45, 7) is 1.16. The number of Topliss-reactive ketones (excluding diaryl/α,β-unsaturated/α-hetero) is 1. The second-order valence-corrected chi connectivity index (χ2v) is 6.68. The summed E-state index contributed by atoms with van der Waals surface area (Å²) < 4.78 is 62.7. The third-order valence-electron chi connectivity index (χ3n) is 5.01. The number of halogens is 4. The first kappa shape index (κ1) is 19.9. The lowest BCUT2D eigenvalue weighted by atomic mass is 9.84. The van der Waals surface area contributed by atoms with E-state index in [-0.39, 0.29) is 5.56 Å². The van der Waals surface area contributed by atoms with E-state index in [1.165, 1.54) is 13.2 Å². The summed E-state index contributed by atoms with van der Waals surface area (Å²) in [6, 6.07) is 1.24. The number of ketones is 1. The van der Waals surface area contributed by atoms with E-state index in [9.17, 15) is 18.0 Å². The topological polar surface area (TPSA) is 29.5 Å². The zero-order valence-corrected chi connectivity index (χ0v) is 15.5. The van der Waals surface area contributed by atoms with Crippen LogP contribution < -0.4 is 0 Å². The Kier molecular flexibility index (Phi) is 5.45. The maximum atomic E-state index is 15.2. The zero-order valence-electron chi connectivity index (χ0n) is 15.5. The normalized spacial score (nSPS) is 24.5. The highest BCUT2D eigenvalue weighted by Gasteiger charge is 2.37. The maximum absolute atomic E-state index is 15.2. The van der Waals surface area contributed by atoms with E-state index in [2.05, 4.69) is 0 Å². The molecule has 0 N–H and O–H groups in total. The lowest BCUT2D eigenvalue weighted by Gasteiger charge is -2.34. The van der Waals surface area contributed by atoms with Gasteiger partial charge in [-0.1, -0.05) is 6.08 Å². The molecule has 148 valence electrons. The second kappa shape index (κ2) is 7.66. The number of carbonyl (C=O) groups is 1. The number of ether oxygens (including phenoxy) is 1. The lowest BCUT2D eigenvalue weighted by molar-refractivity contribution is 0.101. The quantitative estimate of drug-likeness (QED) is 0.427. The van der Waals surface area contributed by atoms with Gasteiger partial charge >= 0.3 is 0 Å². The Hall–Kier alpha value is -2.83. The van der Waals surface area contributed by atoms with Crippen molar-refractivity contribution in [1.82, 2.24) is 4.90 Å². The highest BCUT2D eigenvalue weighted by atomic mass is 19.1. The first-order valence-corrected chi connectivity index (χ1v) is 8.63. The van der Waals surface area contributed by atoms with Crippen LogP contribution in [0.3, 0.4) is 0 Å². The van der Waals surface area contributed by atoms with Gasteiger partial charge < -0.3 is 9.64 Å². The standard InChI is InChI=1S/C21H19F4NO2/c1-11-15(22)6-5-14(19(11)24)21(27)18-16(23)7-4-13(20(18)25)17-10-12(28-3)8-9-26(17)2/h4-10,13,16-17H,1-3H3. The van der Waals surface area contributed by atoms with Gasteiger partial charge in [-0.3, -0.25) is 4.79 Å². The van der Waals surface area contributed by atoms with Crippen LogP contribution in [-0.2, 0) is 4.74 Å². The van der Waals surface area contributed by atoms with Crippen molar-refractivity contribution in [3.05, 3.63) is 82.6 Å². The van der Waals surface area contributed by atoms with Gasteiger partial charge in [0, 0.05) is 18.8 Å². The van der Waals surface area contributed by atoms with Crippen LogP contribution in [-0.4, -0.2) is 37.1 Å². The number of hydrogen-bond acceptors (Lipinski definition) is 3. The van der Waals surface area contributed by atoms with Crippen LogP contribution in [0.4, 0.5) is 17.6 Å². The molecule has 3 nitrogen and oxygen atoms in total. The molecule has 1 aliphatic heterocycles. The van der Waals surface area contributed by atoms with Gasteiger partial charge in [-0.05, 0) is 37.3 Å². The number of allylic oxidation sites excluding steroid dienone is 3. The summed E-state index contributed by atoms with van der Waals surface area (Å²) in [7, 11) is 3.17. The molecule has 2 aliphatic rings. The van der Waals surface area contributed by atoms with Crippen LogP contribution in [0.2, 0.25) is 0 Å². The van der Waals surface area contributed by atoms with Crippen LogP contribution in [0.15, 0.2) is 59.8 Å². The molecule has 1 aromatic carbocycles. The number of carbonyl (C=O) groups excluding carboxylic acids is 1. The molecule has 0 saturated carbocycles. The Labute approximate surface area is 160 Å². The summed E-state index contributed by atoms with van der Waals surface area (Å²) in [5, 5.41) is 0. The van der Waals surface area contributed by atoms with Crippen LogP contribution in [0, 0.1) is 24.5 Å². The minimum Gasteiger partial charge on any atom is -0.497 e. The smallest absolute Gasteiger partial charge is 0.197 e. The summed E-state index contributed by atoms with van der Waals surface area (Å²) in [5.74, 6) is -4.54. The van der Waals surface area contributed by atoms with Crippen LogP contribution in [0.5, 0.6) is 0 Å². The highest BCUT2D eigenvalue weighted by molar-refractivity contribution is 6.10. The van der Waals surface area contributed by atoms with Crippen molar-refractivity contribution in [2.24, 2.45) is 5.92 Å². The predicted octanol–water partition coefficient (Wildman–Crippen LogP) is 4.56. The van der Waals surface area contributed by atoms with Gasteiger partial charge in [0.15, 0.2) is 5.78 Å². The van der Waals surface area contributed by atoms with E-state index >= 15 is 4.39 Å². The van der Waals surface area contributed by atoms with E-state index in [1.54, 1.807) is 30.3 Å². The number of hydrogen-bond donors (Lipinski definition) is 0. The van der Waals surface area contributed by atoms with Crippen molar-refractivity contribution >= 4 is 5.78 Å². The molecule has 0 bridgehead atoms. The van der Waals surface area contributed by atoms with Crippen molar-refractivity contribution in [1.29, 1.82) is 0 Å². The van der Waals surface area contributed by atoms with E-state index in [1.807, 2.05) is 0 Å². The molecule has 28 heavy (non-hydrogen) atoms. The lowest BCUT2D eigenvalue weighted by Crippen LogP contribution is -2.37. The summed E-state index contributed by atoms with van der Waals surface area (Å²) in [4.78, 5) is 14.4. The number of likely N-dealkylation sites (N-methyl/N-ethyl adjacent to an activating group) is 1. The van der Waals surface area contributed by atoms with E-state index in [4.69, 9.17) is 4.74 Å². The molecule has 1 heterocycles. The monoisotopic (exact) mass is 393 g/mol. The van der Waals surface area contributed by atoms with Crippen LogP contribution in [0.1, 0.15) is 15.9 Å². The Morgan fingerprint density at radius 3 is 2.57 bits per heavy atom. The summed E-state index contributed by atoms with van der Waals surface area (Å²) >= 11 is 0. The number of alkyl halides is 1. The fraction of sp³-hybridized carbons (Fsp3) is 0.286. The SMILES string of the molecule is COC1=CC(C2C=CC(F)C(C(=O)c3ccc(F)c(C)c3F)=C2F)N(C)C=C1. The fourth-order valence-electron chi connectivity index (χ4n) is 3.31. The van der Waals surface area contributed by atoms with Crippen molar-refractivity contribution in [2.45, 2.75) is 19.1 Å². The molecule has 0 aromatic heterocycles. The summed E-state index contributed by atoms with van der Waals surface area (Å²) in [6.07, 6.45) is 5.40. The highest BCUT2D eigenvalue weighted by Crippen LogP contribution is 2.36. The van der Waals surface area contributed by atoms with Crippen LogP contribution in [0.25, 0.3) is 0 Å². The Balaban J connectivity index is 2.03. The molecule has 3 unspecified atom stereocenters. The molecule has 0 saturated heterocycles. The third kappa shape index (κ3) is 3.37. The van der Waals surface area contributed by atoms with Crippen molar-refractivity contribution in [3.8, 4) is 0 Å². The van der Waals surface area contributed by atoms with Crippen molar-refractivity contribution < 1.29 is 27.1 Å². The summed E-state index contributed by atoms with van der Waals surface area (Å²) in [5.41, 5.74) is -1.71. The molecular formula is C21H19F4NO2. The predicted molar refractivity (Wildman–Crippen MR) is 96.9 cm³/mol. The largest absolute Gasteiger partial charge is 0.497 e. The zero-order chi connectivity index (χ0) is 20.6. The van der Waals surface area contributed by atoms with Gasteiger partial charge in [0.05, 0.1) is 30.2 Å². The van der Waals surface area contributed by atoms with Crippen molar-refractivity contribution in [2.75, 3.05) is 14.2 Å². The molecule has 0 fully saturated rings. The number of benzene rings is 1. The van der Waals surface area contributed by atoms with Gasteiger partial charge in [-0.25, -0.2) is 17.6 Å². The van der Waals surface area contributed by atoms with E-state index in [0.717, 1.165) is 25.1 Å². The maximum Gasteiger partial charge on any atom is 0.197 e. The Morgan fingerprint density at radius 1 is 1.18 bits per heavy atom. The van der Waals surface area contributed by atoms with Crippen LogP contribution >= 0.6 is 0 Å². The Morgan fingerprint density at radius 2 is 1.89 bits per heavy atom. The van der Waals surface area contributed by atoms with Gasteiger partial charge in [0.25, 0.3) is 0 Å². The van der Waals surface area contributed by atoms with Gasteiger partial charge in [0.2, 0.25) is 0 Å². The molecule has 3 atom stereocenters. The second-order valence-electron chi connectivity index (χ2n) is 6.68. The molecule has 0 radical (unpaired) electrons. The van der Waals surface area contributed by atoms with Gasteiger partial charge in [-0.15, -0.1) is 0 Å². The molecule has 1 aliphatic carbocycles. The van der Waals surface area contributed by atoms with E-state index in [0.29, 0.717) is 5.76 Å². The molecular weight excluding hydrogens is 374 g/mol. The minimum absolute atomic E-state index is 0.380. The first-order valence-electron chi connectivity index (χ1n) is 8.63. The minimum atomic E-state index is -2.02. The number of rotatable bonds is 4. The van der Waals surface area contributed by atoms with Gasteiger partial charge in [0.1, 0.15) is 29.4 Å². The molecule has 1 aromatic rings. The average molecular weight is 393 g/mol. The molecule has 0 amide bonds. The molecule has 7 heteroatoms. The van der Waals surface area contributed by atoms with Gasteiger partial charge in [-0.2, -0.15) is 0 Å². The number of methoxy groups -OCH3 is 1. The fourth-order valence-corrected chi connectivity index (χ4v) is 3.31. The molecule has 3 rings (SSSR count). The molecule has 0 spiro atoms. The van der Waals surface area contributed by atoms with Crippen molar-refractivity contribution in [3.63, 3.8) is 0 Å². The van der Waals surface area contributed by atoms with E-state index < -0.39 is 52.5 Å².